The number of hydrogen-bond acceptors (Lipinski definition) is 6. The Labute approximate surface area is 120 Å². The summed E-state index contributed by atoms with van der Waals surface area (Å²) >= 11 is 0. The van der Waals surface area contributed by atoms with E-state index in [2.05, 4.69) is 5.32 Å². The lowest BCUT2D eigenvalue weighted by molar-refractivity contribution is -0.385. The van der Waals surface area contributed by atoms with Crippen molar-refractivity contribution in [2.45, 2.75) is 20.0 Å². The molecule has 0 radical (unpaired) electrons. The SMILES string of the molecule is CCOC(C)CNC(=O)c1cc(NN)c(F)cc1[N+](=O)[O-]. The largest absolute Gasteiger partial charge is 0.377 e. The molecule has 0 saturated carbocycles. The van der Waals surface area contributed by atoms with Gasteiger partial charge in [0.05, 0.1) is 22.8 Å². The Morgan fingerprint density at radius 1 is 1.57 bits per heavy atom. The van der Waals surface area contributed by atoms with Crippen molar-refractivity contribution in [2.24, 2.45) is 5.84 Å². The van der Waals surface area contributed by atoms with Crippen LogP contribution >= 0.6 is 0 Å². The fourth-order valence-electron chi connectivity index (χ4n) is 1.68. The van der Waals surface area contributed by atoms with Crippen molar-refractivity contribution in [3.63, 3.8) is 0 Å². The molecule has 1 rings (SSSR count). The number of anilines is 1. The molecule has 0 bridgehead atoms. The summed E-state index contributed by atoms with van der Waals surface area (Å²) in [5.74, 6) is 3.48. The first kappa shape index (κ1) is 16.8. The summed E-state index contributed by atoms with van der Waals surface area (Å²) in [5.41, 5.74) is 0.924. The maximum atomic E-state index is 13.5. The molecule has 0 aliphatic rings. The predicted octanol–water partition coefficient (Wildman–Crippen LogP) is 1.17. The summed E-state index contributed by atoms with van der Waals surface area (Å²) in [6.45, 7) is 4.21. The lowest BCUT2D eigenvalue weighted by atomic mass is 10.1. The zero-order valence-corrected chi connectivity index (χ0v) is 11.7. The molecule has 21 heavy (non-hydrogen) atoms. The monoisotopic (exact) mass is 300 g/mol. The second kappa shape index (κ2) is 7.50. The molecular weight excluding hydrogens is 283 g/mol. The van der Waals surface area contributed by atoms with E-state index in [0.717, 1.165) is 6.07 Å². The second-order valence-electron chi connectivity index (χ2n) is 4.23. The molecule has 0 fully saturated rings. The number of hydrogen-bond donors (Lipinski definition) is 3. The Kier molecular flexibility index (Phi) is 6.00. The van der Waals surface area contributed by atoms with Crippen molar-refractivity contribution in [1.29, 1.82) is 0 Å². The highest BCUT2D eigenvalue weighted by Crippen LogP contribution is 2.25. The van der Waals surface area contributed by atoms with Gasteiger partial charge in [0.15, 0.2) is 5.82 Å². The van der Waals surface area contributed by atoms with Gasteiger partial charge in [0.25, 0.3) is 11.6 Å². The van der Waals surface area contributed by atoms with E-state index in [4.69, 9.17) is 10.6 Å². The van der Waals surface area contributed by atoms with Crippen LogP contribution in [0.3, 0.4) is 0 Å². The first-order chi connectivity index (χ1) is 9.90. The number of hydrazine groups is 1. The third kappa shape index (κ3) is 4.36. The summed E-state index contributed by atoms with van der Waals surface area (Å²) in [6, 6.07) is 1.64. The summed E-state index contributed by atoms with van der Waals surface area (Å²) in [7, 11) is 0. The van der Waals surface area contributed by atoms with E-state index in [0.29, 0.717) is 12.7 Å². The van der Waals surface area contributed by atoms with Gasteiger partial charge in [-0.05, 0) is 19.9 Å². The maximum Gasteiger partial charge on any atom is 0.285 e. The van der Waals surface area contributed by atoms with Crippen molar-refractivity contribution < 1.29 is 18.8 Å². The van der Waals surface area contributed by atoms with Gasteiger partial charge in [-0.25, -0.2) is 4.39 Å². The second-order valence-corrected chi connectivity index (χ2v) is 4.23. The minimum absolute atomic E-state index is 0.173. The van der Waals surface area contributed by atoms with Crippen LogP contribution in [0, 0.1) is 15.9 Å². The van der Waals surface area contributed by atoms with Gasteiger partial charge in [-0.1, -0.05) is 0 Å². The molecule has 0 spiro atoms. The summed E-state index contributed by atoms with van der Waals surface area (Å²) in [5, 5.41) is 13.4. The number of nitro benzene ring substituents is 1. The van der Waals surface area contributed by atoms with E-state index in [1.807, 2.05) is 12.3 Å². The quantitative estimate of drug-likeness (QED) is 0.395. The maximum absolute atomic E-state index is 13.5. The number of nitrogen functional groups attached to an aromatic ring is 1. The zero-order valence-electron chi connectivity index (χ0n) is 11.7. The van der Waals surface area contributed by atoms with Crippen LogP contribution in [0.15, 0.2) is 12.1 Å². The van der Waals surface area contributed by atoms with Gasteiger partial charge in [-0.2, -0.15) is 0 Å². The number of halogens is 1. The molecule has 0 saturated heterocycles. The van der Waals surface area contributed by atoms with Crippen molar-refractivity contribution in [3.8, 4) is 0 Å². The van der Waals surface area contributed by atoms with E-state index in [1.54, 1.807) is 6.92 Å². The number of ether oxygens (including phenoxy) is 1. The lowest BCUT2D eigenvalue weighted by Crippen LogP contribution is -2.32. The molecule has 4 N–H and O–H groups in total. The highest BCUT2D eigenvalue weighted by atomic mass is 19.1. The molecule has 1 unspecified atom stereocenters. The molecule has 0 heterocycles. The van der Waals surface area contributed by atoms with Crippen LogP contribution in [0.5, 0.6) is 0 Å². The van der Waals surface area contributed by atoms with Gasteiger partial charge in [-0.15, -0.1) is 0 Å². The van der Waals surface area contributed by atoms with Gasteiger partial charge in [-0.3, -0.25) is 20.8 Å². The molecule has 1 aromatic carbocycles. The number of benzene rings is 1. The van der Waals surface area contributed by atoms with Crippen LogP contribution in [0.25, 0.3) is 0 Å². The summed E-state index contributed by atoms with van der Waals surface area (Å²) in [4.78, 5) is 22.1. The normalized spacial score (nSPS) is 11.8. The number of rotatable bonds is 7. The number of nitrogens with two attached hydrogens (primary N) is 1. The molecule has 1 amide bonds. The fraction of sp³-hybridized carbons (Fsp3) is 0.417. The minimum atomic E-state index is -0.913. The van der Waals surface area contributed by atoms with E-state index in [-0.39, 0.29) is 23.9 Å². The van der Waals surface area contributed by atoms with Crippen LogP contribution in [0.4, 0.5) is 15.8 Å². The number of nitro groups is 1. The zero-order chi connectivity index (χ0) is 16.0. The van der Waals surface area contributed by atoms with Crippen LogP contribution in [-0.2, 0) is 4.74 Å². The topological polar surface area (TPSA) is 120 Å². The van der Waals surface area contributed by atoms with Crippen molar-refractivity contribution >= 4 is 17.3 Å². The Morgan fingerprint density at radius 3 is 2.76 bits per heavy atom. The number of nitrogens with zero attached hydrogens (tertiary/aromatic N) is 1. The molecular formula is C12H17FN4O4. The molecule has 0 aliphatic heterocycles. The van der Waals surface area contributed by atoms with Gasteiger partial charge in [0.1, 0.15) is 5.56 Å². The first-order valence-corrected chi connectivity index (χ1v) is 6.25. The number of amides is 1. The number of carbonyl (C=O) groups excluding carboxylic acids is 1. The smallest absolute Gasteiger partial charge is 0.285 e. The van der Waals surface area contributed by atoms with Crippen LogP contribution in [0.1, 0.15) is 24.2 Å². The number of carbonyl (C=O) groups is 1. The fourth-order valence-corrected chi connectivity index (χ4v) is 1.68. The predicted molar refractivity (Wildman–Crippen MR) is 74.3 cm³/mol. The molecule has 0 aromatic heterocycles. The van der Waals surface area contributed by atoms with E-state index >= 15 is 0 Å². The lowest BCUT2D eigenvalue weighted by Gasteiger charge is -2.13. The highest BCUT2D eigenvalue weighted by molar-refractivity contribution is 5.99. The van der Waals surface area contributed by atoms with Gasteiger partial charge < -0.3 is 15.5 Å². The van der Waals surface area contributed by atoms with Gasteiger partial charge >= 0.3 is 0 Å². The summed E-state index contributed by atoms with van der Waals surface area (Å²) in [6.07, 6.45) is -0.245. The molecule has 9 heteroatoms. The van der Waals surface area contributed by atoms with Crippen molar-refractivity contribution in [2.75, 3.05) is 18.6 Å². The Hall–Kier alpha value is -2.26. The minimum Gasteiger partial charge on any atom is -0.377 e. The van der Waals surface area contributed by atoms with Crippen LogP contribution < -0.4 is 16.6 Å². The molecule has 0 aliphatic carbocycles. The van der Waals surface area contributed by atoms with Crippen molar-refractivity contribution in [1.82, 2.24) is 5.32 Å². The highest BCUT2D eigenvalue weighted by Gasteiger charge is 2.23. The van der Waals surface area contributed by atoms with Crippen LogP contribution in [0.2, 0.25) is 0 Å². The van der Waals surface area contributed by atoms with Gasteiger partial charge in [0, 0.05) is 13.2 Å². The van der Waals surface area contributed by atoms with Crippen molar-refractivity contribution in [3.05, 3.63) is 33.6 Å². The summed E-state index contributed by atoms with van der Waals surface area (Å²) < 4.78 is 18.7. The van der Waals surface area contributed by atoms with E-state index in [1.165, 1.54) is 0 Å². The third-order valence-corrected chi connectivity index (χ3v) is 2.68. The van der Waals surface area contributed by atoms with E-state index < -0.39 is 22.3 Å². The average molecular weight is 300 g/mol. The Morgan fingerprint density at radius 2 is 2.24 bits per heavy atom. The Balaban J connectivity index is 2.99. The molecule has 1 aromatic rings. The van der Waals surface area contributed by atoms with Gasteiger partial charge in [0.2, 0.25) is 0 Å². The molecule has 116 valence electrons. The Bertz CT molecular complexity index is 538. The number of nitrogens with one attached hydrogen (secondary N) is 2. The average Bonchev–Trinajstić information content (AvgIpc) is 2.44. The first-order valence-electron chi connectivity index (χ1n) is 6.25. The molecule has 8 nitrogen and oxygen atoms in total. The van der Waals surface area contributed by atoms with E-state index in [9.17, 15) is 19.3 Å². The van der Waals surface area contributed by atoms with Crippen LogP contribution in [-0.4, -0.2) is 30.1 Å². The third-order valence-electron chi connectivity index (χ3n) is 2.68. The standard InChI is InChI=1S/C12H17FN4O4/c1-3-21-7(2)6-15-12(18)8-4-10(16-14)9(13)5-11(8)17(19)20/h4-5,7,16H,3,6,14H2,1-2H3,(H,15,18). The molecule has 1 atom stereocenters.